The summed E-state index contributed by atoms with van der Waals surface area (Å²) in [5.41, 5.74) is 5.01. The lowest BCUT2D eigenvalue weighted by molar-refractivity contribution is -0.383. The maximum atomic E-state index is 12.3. The van der Waals surface area contributed by atoms with E-state index < -0.39 is 16.7 Å². The Hall–Kier alpha value is -4.08. The number of aromatic amines is 1. The molecule has 28 heavy (non-hydrogen) atoms. The van der Waals surface area contributed by atoms with Gasteiger partial charge < -0.3 is 14.5 Å². The molecular formula is C18H14N4O6. The summed E-state index contributed by atoms with van der Waals surface area (Å²) in [4.78, 5) is 37.8. The van der Waals surface area contributed by atoms with Crippen molar-refractivity contribution in [2.45, 2.75) is 0 Å². The lowest BCUT2D eigenvalue weighted by Gasteiger charge is -2.18. The van der Waals surface area contributed by atoms with Crippen molar-refractivity contribution in [3.63, 3.8) is 0 Å². The van der Waals surface area contributed by atoms with Crippen LogP contribution in [0, 0.1) is 10.1 Å². The van der Waals surface area contributed by atoms with Crippen LogP contribution in [0.3, 0.4) is 0 Å². The lowest BCUT2D eigenvalue weighted by atomic mass is 10.2. The fourth-order valence-corrected chi connectivity index (χ4v) is 2.85. The molecule has 3 N–H and O–H groups in total. The number of nitrogens with one attached hydrogen (secondary N) is 3. The molecule has 1 aliphatic heterocycles. The first-order valence-electron chi connectivity index (χ1n) is 8.29. The summed E-state index contributed by atoms with van der Waals surface area (Å²) in [5.74, 6) is -0.191. The molecule has 3 aromatic rings. The quantitative estimate of drug-likeness (QED) is 0.468. The van der Waals surface area contributed by atoms with Crippen LogP contribution in [0.5, 0.6) is 11.5 Å². The van der Waals surface area contributed by atoms with Crippen LogP contribution < -0.4 is 20.3 Å². The number of hydrazine groups is 1. The van der Waals surface area contributed by atoms with E-state index in [-0.39, 0.29) is 22.5 Å². The van der Waals surface area contributed by atoms with Gasteiger partial charge in [-0.25, -0.2) is 0 Å². The Bertz CT molecular complexity index is 1110. The fraction of sp³-hybridized carbons (Fsp3) is 0.111. The molecule has 1 aliphatic rings. The number of carbonyl (C=O) groups excluding carboxylic acids is 2. The van der Waals surface area contributed by atoms with Gasteiger partial charge in [0.2, 0.25) is 0 Å². The Morgan fingerprint density at radius 3 is 2.54 bits per heavy atom. The number of hydrogen-bond donors (Lipinski definition) is 3. The number of non-ortho nitro benzene ring substituents is 1. The van der Waals surface area contributed by atoms with E-state index in [4.69, 9.17) is 9.47 Å². The molecule has 10 nitrogen and oxygen atoms in total. The van der Waals surface area contributed by atoms with E-state index in [1.54, 1.807) is 18.2 Å². The van der Waals surface area contributed by atoms with E-state index in [9.17, 15) is 19.7 Å². The third-order valence-corrected chi connectivity index (χ3v) is 4.17. The van der Waals surface area contributed by atoms with E-state index in [0.717, 1.165) is 0 Å². The highest BCUT2D eigenvalue weighted by molar-refractivity contribution is 6.02. The van der Waals surface area contributed by atoms with Crippen LogP contribution in [0.1, 0.15) is 20.8 Å². The first kappa shape index (κ1) is 17.3. The number of nitro benzene ring substituents is 1. The van der Waals surface area contributed by atoms with Crippen molar-refractivity contribution in [1.29, 1.82) is 0 Å². The van der Waals surface area contributed by atoms with E-state index in [0.29, 0.717) is 30.1 Å². The molecule has 0 spiro atoms. The fourth-order valence-electron chi connectivity index (χ4n) is 2.85. The summed E-state index contributed by atoms with van der Waals surface area (Å²) in [5, 5.41) is 11.6. The zero-order valence-corrected chi connectivity index (χ0v) is 14.4. The Morgan fingerprint density at radius 1 is 1.00 bits per heavy atom. The number of para-hydroxylation sites is 1. The van der Waals surface area contributed by atoms with Gasteiger partial charge in [0.15, 0.2) is 11.5 Å². The molecule has 0 unspecified atom stereocenters. The number of carbonyl (C=O) groups is 2. The highest BCUT2D eigenvalue weighted by atomic mass is 16.6. The first-order valence-corrected chi connectivity index (χ1v) is 8.29. The van der Waals surface area contributed by atoms with E-state index in [1.165, 1.54) is 24.3 Å². The molecule has 142 valence electrons. The largest absolute Gasteiger partial charge is 0.486 e. The Morgan fingerprint density at radius 2 is 1.75 bits per heavy atom. The molecule has 2 amide bonds. The van der Waals surface area contributed by atoms with Crippen molar-refractivity contribution < 1.29 is 24.0 Å². The summed E-state index contributed by atoms with van der Waals surface area (Å²) in [6.07, 6.45) is 0. The van der Waals surface area contributed by atoms with Crippen LogP contribution in [0.15, 0.2) is 42.5 Å². The number of aromatic nitrogens is 1. The van der Waals surface area contributed by atoms with Gasteiger partial charge in [-0.2, -0.15) is 0 Å². The molecule has 0 atom stereocenters. The second-order valence-corrected chi connectivity index (χ2v) is 5.95. The third-order valence-electron chi connectivity index (χ3n) is 4.17. The highest BCUT2D eigenvalue weighted by Crippen LogP contribution is 2.30. The summed E-state index contributed by atoms with van der Waals surface area (Å²) >= 11 is 0. The Kier molecular flexibility index (Phi) is 4.28. The van der Waals surface area contributed by atoms with Gasteiger partial charge in [-0.1, -0.05) is 12.1 Å². The normalized spacial score (nSPS) is 12.4. The van der Waals surface area contributed by atoms with Gasteiger partial charge in [-0.15, -0.1) is 0 Å². The molecule has 0 fully saturated rings. The molecule has 2 heterocycles. The second-order valence-electron chi connectivity index (χ2n) is 5.95. The number of ether oxygens (including phenoxy) is 2. The van der Waals surface area contributed by atoms with Gasteiger partial charge in [0.1, 0.15) is 24.4 Å². The SMILES string of the molecule is O=C(NNC(=O)c1cc2cccc([N+](=O)[O-])c2[nH]1)c1ccc2c(c1)OCCO2. The highest BCUT2D eigenvalue weighted by Gasteiger charge is 2.18. The van der Waals surface area contributed by atoms with Crippen molar-refractivity contribution in [3.8, 4) is 11.5 Å². The maximum Gasteiger partial charge on any atom is 0.293 e. The summed E-state index contributed by atoms with van der Waals surface area (Å²) in [7, 11) is 0. The number of nitrogens with zero attached hydrogens (tertiary/aromatic N) is 1. The molecule has 0 aliphatic carbocycles. The Balaban J connectivity index is 1.47. The predicted octanol–water partition coefficient (Wildman–Crippen LogP) is 1.92. The van der Waals surface area contributed by atoms with Gasteiger partial charge >= 0.3 is 0 Å². The van der Waals surface area contributed by atoms with Crippen LogP contribution in [0.4, 0.5) is 5.69 Å². The molecule has 0 saturated heterocycles. The monoisotopic (exact) mass is 382 g/mol. The molecule has 2 aromatic carbocycles. The van der Waals surface area contributed by atoms with Crippen LogP contribution >= 0.6 is 0 Å². The number of nitro groups is 1. The minimum absolute atomic E-state index is 0.0757. The topological polar surface area (TPSA) is 136 Å². The zero-order valence-electron chi connectivity index (χ0n) is 14.4. The number of benzene rings is 2. The molecule has 0 radical (unpaired) electrons. The third kappa shape index (κ3) is 3.18. The number of rotatable bonds is 3. The standard InChI is InChI=1S/C18H14N4O6/c23-17(11-4-5-14-15(9-11)28-7-6-27-14)20-21-18(24)12-8-10-2-1-3-13(22(25)26)16(10)19-12/h1-5,8-9,19H,6-7H2,(H,20,23)(H,21,24). The lowest BCUT2D eigenvalue weighted by Crippen LogP contribution is -2.41. The average molecular weight is 382 g/mol. The van der Waals surface area contributed by atoms with Crippen molar-refractivity contribution in [2.75, 3.05) is 13.2 Å². The molecule has 1 aromatic heterocycles. The van der Waals surface area contributed by atoms with Crippen molar-refractivity contribution >= 4 is 28.4 Å². The van der Waals surface area contributed by atoms with Crippen LogP contribution in [0.25, 0.3) is 10.9 Å². The number of fused-ring (bicyclic) bond motifs is 2. The number of H-pyrrole nitrogens is 1. The number of amides is 2. The zero-order chi connectivity index (χ0) is 19.7. The van der Waals surface area contributed by atoms with Gasteiger partial charge in [0.05, 0.1) is 4.92 Å². The molecular weight excluding hydrogens is 368 g/mol. The van der Waals surface area contributed by atoms with Crippen LogP contribution in [-0.4, -0.2) is 34.9 Å². The van der Waals surface area contributed by atoms with E-state index in [2.05, 4.69) is 15.8 Å². The van der Waals surface area contributed by atoms with Crippen molar-refractivity contribution in [2.24, 2.45) is 0 Å². The maximum absolute atomic E-state index is 12.3. The van der Waals surface area contributed by atoms with Crippen molar-refractivity contribution in [1.82, 2.24) is 15.8 Å². The van der Waals surface area contributed by atoms with E-state index >= 15 is 0 Å². The minimum atomic E-state index is -0.642. The van der Waals surface area contributed by atoms with Gasteiger partial charge in [0, 0.05) is 17.0 Å². The number of hydrogen-bond acceptors (Lipinski definition) is 6. The molecule has 10 heteroatoms. The molecule has 0 saturated carbocycles. The van der Waals surface area contributed by atoms with Crippen LogP contribution in [-0.2, 0) is 0 Å². The minimum Gasteiger partial charge on any atom is -0.486 e. The van der Waals surface area contributed by atoms with Crippen LogP contribution in [0.2, 0.25) is 0 Å². The second kappa shape index (κ2) is 6.91. The van der Waals surface area contributed by atoms with E-state index in [1.807, 2.05) is 0 Å². The summed E-state index contributed by atoms with van der Waals surface area (Å²) < 4.78 is 10.8. The molecule has 4 rings (SSSR count). The predicted molar refractivity (Wildman–Crippen MR) is 97.3 cm³/mol. The van der Waals surface area contributed by atoms with Gasteiger partial charge in [-0.3, -0.25) is 30.6 Å². The van der Waals surface area contributed by atoms with Gasteiger partial charge in [0.25, 0.3) is 17.5 Å². The smallest absolute Gasteiger partial charge is 0.293 e. The Labute approximate surface area is 157 Å². The summed E-state index contributed by atoms with van der Waals surface area (Å²) in [6.45, 7) is 0.832. The van der Waals surface area contributed by atoms with Gasteiger partial charge in [-0.05, 0) is 24.3 Å². The molecule has 0 bridgehead atoms. The first-order chi connectivity index (χ1) is 13.5. The average Bonchev–Trinajstić information content (AvgIpc) is 3.15. The van der Waals surface area contributed by atoms with Crippen molar-refractivity contribution in [3.05, 3.63) is 63.8 Å². The summed E-state index contributed by atoms with van der Waals surface area (Å²) in [6, 6.07) is 10.6.